The van der Waals surface area contributed by atoms with E-state index in [9.17, 15) is 0 Å². The molecule has 0 N–H and O–H groups in total. The van der Waals surface area contributed by atoms with Crippen LogP contribution in [0.4, 0.5) is 28.2 Å². The van der Waals surface area contributed by atoms with Gasteiger partial charge in [-0.3, -0.25) is 28.2 Å². The standard InChI is InChI=1S/C20H20P.6FH.Sb/c1-2-21(18-12-6-3-7-13-18,19-14-8-4-9-15-19)20-16-10-5-11-17-20;;;;;;;/h3-17H,2H2,1H3;6*1H;/q+1;;;;;;;. The summed E-state index contributed by atoms with van der Waals surface area (Å²) < 4.78 is 0. The number of benzene rings is 3. The first-order valence-electron chi connectivity index (χ1n) is 7.43. The summed E-state index contributed by atoms with van der Waals surface area (Å²) in [4.78, 5) is 0. The molecule has 0 fully saturated rings. The van der Waals surface area contributed by atoms with Crippen LogP contribution in [0.2, 0.25) is 0 Å². The van der Waals surface area contributed by atoms with Gasteiger partial charge in [-0.25, -0.2) is 0 Å². The summed E-state index contributed by atoms with van der Waals surface area (Å²) in [6.07, 6.45) is 1.14. The molecular formula is C20H26F6PSb+. The maximum absolute atomic E-state index is 2.32. The molecule has 3 rings (SSSR count). The second kappa shape index (κ2) is 17.6. The fraction of sp³-hybridized carbons (Fsp3) is 0.100. The van der Waals surface area contributed by atoms with Crippen molar-refractivity contribution < 1.29 is 28.2 Å². The van der Waals surface area contributed by atoms with Crippen LogP contribution < -0.4 is 15.9 Å². The van der Waals surface area contributed by atoms with Crippen LogP contribution in [0.5, 0.6) is 0 Å². The average molecular weight is 533 g/mol. The molecule has 3 radical (unpaired) electrons. The van der Waals surface area contributed by atoms with E-state index in [1.807, 2.05) is 0 Å². The first-order chi connectivity index (χ1) is 10.4. The molecule has 8 heteroatoms. The first kappa shape index (κ1) is 37.3. The Morgan fingerprint density at radius 2 is 0.679 bits per heavy atom. The summed E-state index contributed by atoms with van der Waals surface area (Å²) in [5, 5.41) is 4.39. The minimum absolute atomic E-state index is 0. The second-order valence-electron chi connectivity index (χ2n) is 5.13. The zero-order valence-electron chi connectivity index (χ0n) is 15.2. The molecule has 0 atom stereocenters. The number of rotatable bonds is 4. The minimum Gasteiger partial charge on any atom is -0.269 e. The van der Waals surface area contributed by atoms with Crippen LogP contribution in [0.15, 0.2) is 91.0 Å². The van der Waals surface area contributed by atoms with Crippen molar-refractivity contribution in [2.24, 2.45) is 0 Å². The van der Waals surface area contributed by atoms with Gasteiger partial charge in [0.2, 0.25) is 0 Å². The van der Waals surface area contributed by atoms with Crippen molar-refractivity contribution in [2.75, 3.05) is 6.16 Å². The van der Waals surface area contributed by atoms with Gasteiger partial charge in [0.25, 0.3) is 0 Å². The molecule has 0 aliphatic carbocycles. The van der Waals surface area contributed by atoms with E-state index in [1.165, 1.54) is 15.9 Å². The fourth-order valence-electron chi connectivity index (χ4n) is 3.04. The molecule has 0 unspecified atom stereocenters. The van der Waals surface area contributed by atoms with Crippen molar-refractivity contribution >= 4 is 47.6 Å². The van der Waals surface area contributed by atoms with Crippen LogP contribution in [-0.2, 0) is 0 Å². The van der Waals surface area contributed by atoms with Crippen molar-refractivity contribution in [3.63, 3.8) is 0 Å². The molecule has 0 nitrogen and oxygen atoms in total. The maximum Gasteiger partial charge on any atom is 0.111 e. The smallest absolute Gasteiger partial charge is 0.111 e. The maximum atomic E-state index is 2.32. The van der Waals surface area contributed by atoms with Gasteiger partial charge in [-0.2, -0.15) is 0 Å². The van der Waals surface area contributed by atoms with Gasteiger partial charge in [-0.15, -0.1) is 0 Å². The summed E-state index contributed by atoms with van der Waals surface area (Å²) in [5.41, 5.74) is 0. The van der Waals surface area contributed by atoms with E-state index in [0.29, 0.717) is 0 Å². The third-order valence-corrected chi connectivity index (χ3v) is 8.55. The van der Waals surface area contributed by atoms with Crippen LogP contribution >= 0.6 is 7.26 Å². The molecule has 0 aromatic heterocycles. The predicted octanol–water partition coefficient (Wildman–Crippen LogP) is 4.53. The van der Waals surface area contributed by atoms with E-state index in [2.05, 4.69) is 97.9 Å². The van der Waals surface area contributed by atoms with Gasteiger partial charge >= 0.3 is 0 Å². The van der Waals surface area contributed by atoms with Gasteiger partial charge in [0.15, 0.2) is 0 Å². The Hall–Kier alpha value is -1.51. The molecule has 0 heterocycles. The van der Waals surface area contributed by atoms with Crippen LogP contribution in [0.1, 0.15) is 6.92 Å². The van der Waals surface area contributed by atoms with Gasteiger partial charge in [0.1, 0.15) is 23.2 Å². The normalized spacial score (nSPS) is 8.46. The van der Waals surface area contributed by atoms with Crippen molar-refractivity contribution in [3.8, 4) is 0 Å². The molecule has 157 valence electrons. The van der Waals surface area contributed by atoms with E-state index in [4.69, 9.17) is 0 Å². The fourth-order valence-corrected chi connectivity index (χ4v) is 7.08. The molecule has 28 heavy (non-hydrogen) atoms. The monoisotopic (exact) mass is 532 g/mol. The molecule has 3 aromatic rings. The number of hydrogen-bond acceptors (Lipinski definition) is 0. The van der Waals surface area contributed by atoms with Crippen molar-refractivity contribution in [1.82, 2.24) is 0 Å². The largest absolute Gasteiger partial charge is 0.269 e. The van der Waals surface area contributed by atoms with Gasteiger partial charge in [0.05, 0.1) is 6.16 Å². The molecule has 0 spiro atoms. The molecule has 0 bridgehead atoms. The molecule has 3 aromatic carbocycles. The quantitative estimate of drug-likeness (QED) is 0.263. The first-order valence-corrected chi connectivity index (χ1v) is 9.40. The SMILES string of the molecule is CC[P+](c1ccccc1)(c1ccccc1)c1ccccc1.F.F.F.F.F.F.[Sb]. The van der Waals surface area contributed by atoms with Gasteiger partial charge in [-0.05, 0) is 43.3 Å². The Morgan fingerprint density at radius 3 is 0.857 bits per heavy atom. The van der Waals surface area contributed by atoms with Gasteiger partial charge in [-0.1, -0.05) is 54.6 Å². The van der Waals surface area contributed by atoms with E-state index in [-0.39, 0.29) is 52.7 Å². The van der Waals surface area contributed by atoms with Crippen LogP contribution in [0, 0.1) is 0 Å². The minimum atomic E-state index is -1.53. The van der Waals surface area contributed by atoms with Gasteiger partial charge in [0, 0.05) is 24.4 Å². The molecule has 0 aliphatic heterocycles. The average Bonchev–Trinajstić information content (AvgIpc) is 2.59. The molecule has 0 saturated carbocycles. The van der Waals surface area contributed by atoms with E-state index >= 15 is 0 Å². The molecular weight excluding hydrogens is 507 g/mol. The topological polar surface area (TPSA) is 0 Å². The van der Waals surface area contributed by atoms with E-state index < -0.39 is 7.26 Å². The molecule has 0 amide bonds. The Labute approximate surface area is 179 Å². The zero-order chi connectivity index (χ0) is 14.5. The summed E-state index contributed by atoms with van der Waals surface area (Å²) in [6, 6.07) is 33.0. The summed E-state index contributed by atoms with van der Waals surface area (Å²) in [5.74, 6) is 0. The van der Waals surface area contributed by atoms with Crippen molar-refractivity contribution in [1.29, 1.82) is 0 Å². The van der Waals surface area contributed by atoms with Crippen LogP contribution in [0.3, 0.4) is 0 Å². The third kappa shape index (κ3) is 7.14. The third-order valence-electron chi connectivity index (χ3n) is 4.07. The van der Waals surface area contributed by atoms with Crippen LogP contribution in [-0.4, -0.2) is 30.6 Å². The Morgan fingerprint density at radius 1 is 0.464 bits per heavy atom. The van der Waals surface area contributed by atoms with Crippen molar-refractivity contribution in [2.45, 2.75) is 6.92 Å². The molecule has 0 saturated heterocycles. The van der Waals surface area contributed by atoms with E-state index in [0.717, 1.165) is 6.16 Å². The summed E-state index contributed by atoms with van der Waals surface area (Å²) in [6.45, 7) is 2.32. The number of hydrogen-bond donors (Lipinski definition) is 0. The summed E-state index contributed by atoms with van der Waals surface area (Å²) >= 11 is 0. The van der Waals surface area contributed by atoms with Crippen molar-refractivity contribution in [3.05, 3.63) is 91.0 Å². The zero-order valence-corrected chi connectivity index (χ0v) is 18.7. The molecule has 0 aliphatic rings. The Bertz CT molecular complexity index is 605. The van der Waals surface area contributed by atoms with Gasteiger partial charge < -0.3 is 0 Å². The Kier molecular flexibility index (Phi) is 23.4. The number of halogens is 6. The second-order valence-corrected chi connectivity index (χ2v) is 8.93. The summed E-state index contributed by atoms with van der Waals surface area (Å²) in [7, 11) is -1.53. The van der Waals surface area contributed by atoms with E-state index in [1.54, 1.807) is 0 Å². The Balaban J connectivity index is -0.000000252. The predicted molar refractivity (Wildman–Crippen MR) is 116 cm³/mol. The van der Waals surface area contributed by atoms with Crippen LogP contribution in [0.25, 0.3) is 0 Å².